The number of carbonyl (C=O) groups is 4. The number of imide groups is 1. The number of carboxylic acid groups (broad SMARTS) is 1. The molecule has 0 radical (unpaired) electrons. The summed E-state index contributed by atoms with van der Waals surface area (Å²) in [4.78, 5) is 47.8. The van der Waals surface area contributed by atoms with Gasteiger partial charge in [-0.1, -0.05) is 12.1 Å². The number of nitrogens with zero attached hydrogens (tertiary/aromatic N) is 1. The predicted octanol–water partition coefficient (Wildman–Crippen LogP) is -0.183. The second-order valence-corrected chi connectivity index (χ2v) is 6.16. The molecular formula is C17H18N2O6. The van der Waals surface area contributed by atoms with Crippen molar-refractivity contribution < 1.29 is 29.0 Å². The Hall–Kier alpha value is -2.74. The van der Waals surface area contributed by atoms with E-state index in [0.717, 1.165) is 5.56 Å². The molecule has 0 aliphatic carbocycles. The number of amides is 3. The summed E-state index contributed by atoms with van der Waals surface area (Å²) in [5.74, 6) is -2.24. The Balaban J connectivity index is 1.63. The standard InChI is InChI=1S/C17H18N2O6/c20-14-8-12(15(21)18-14)7-10-1-3-11(4-2-10)16(22)19-5-6-25-13(9-19)17(23)24/h1-4,12-13H,5-9H2,(H,23,24)(H,18,20,21). The predicted molar refractivity (Wildman–Crippen MR) is 84.7 cm³/mol. The van der Waals surface area contributed by atoms with E-state index in [1.165, 1.54) is 4.90 Å². The molecule has 8 nitrogen and oxygen atoms in total. The van der Waals surface area contributed by atoms with Crippen molar-refractivity contribution in [3.8, 4) is 0 Å². The van der Waals surface area contributed by atoms with Gasteiger partial charge in [-0.3, -0.25) is 19.7 Å². The Labute approximate surface area is 143 Å². The highest BCUT2D eigenvalue weighted by Crippen LogP contribution is 2.18. The fourth-order valence-electron chi connectivity index (χ4n) is 3.01. The fourth-order valence-corrected chi connectivity index (χ4v) is 3.01. The zero-order valence-corrected chi connectivity index (χ0v) is 13.4. The van der Waals surface area contributed by atoms with Gasteiger partial charge in [-0.25, -0.2) is 4.79 Å². The van der Waals surface area contributed by atoms with Gasteiger partial charge in [0.1, 0.15) is 0 Å². The summed E-state index contributed by atoms with van der Waals surface area (Å²) in [7, 11) is 0. The smallest absolute Gasteiger partial charge is 0.334 e. The third kappa shape index (κ3) is 3.85. The van der Waals surface area contributed by atoms with E-state index in [-0.39, 0.29) is 43.2 Å². The first-order valence-electron chi connectivity index (χ1n) is 8.00. The van der Waals surface area contributed by atoms with Crippen LogP contribution in [0, 0.1) is 5.92 Å². The summed E-state index contributed by atoms with van der Waals surface area (Å²) in [5.41, 5.74) is 1.30. The largest absolute Gasteiger partial charge is 0.479 e. The van der Waals surface area contributed by atoms with Gasteiger partial charge in [0, 0.05) is 18.5 Å². The van der Waals surface area contributed by atoms with E-state index in [2.05, 4.69) is 5.32 Å². The minimum atomic E-state index is -1.09. The van der Waals surface area contributed by atoms with E-state index in [1.807, 2.05) is 0 Å². The molecule has 3 amide bonds. The highest BCUT2D eigenvalue weighted by atomic mass is 16.5. The number of hydrogen-bond donors (Lipinski definition) is 2. The highest BCUT2D eigenvalue weighted by Gasteiger charge is 2.31. The number of aliphatic carboxylic acids is 1. The minimum Gasteiger partial charge on any atom is -0.479 e. The molecule has 2 heterocycles. The Morgan fingerprint density at radius 2 is 1.96 bits per heavy atom. The van der Waals surface area contributed by atoms with Crippen LogP contribution in [0.3, 0.4) is 0 Å². The van der Waals surface area contributed by atoms with Crippen LogP contribution in [0.2, 0.25) is 0 Å². The molecule has 1 aromatic rings. The molecular weight excluding hydrogens is 328 g/mol. The van der Waals surface area contributed by atoms with Crippen LogP contribution >= 0.6 is 0 Å². The second-order valence-electron chi connectivity index (χ2n) is 6.16. The van der Waals surface area contributed by atoms with Crippen molar-refractivity contribution in [2.75, 3.05) is 19.7 Å². The summed E-state index contributed by atoms with van der Waals surface area (Å²) >= 11 is 0. The maximum absolute atomic E-state index is 12.5. The number of carbonyl (C=O) groups excluding carboxylic acids is 3. The van der Waals surface area contributed by atoms with Crippen LogP contribution in [0.1, 0.15) is 22.3 Å². The molecule has 2 fully saturated rings. The molecule has 2 aliphatic rings. The summed E-state index contributed by atoms with van der Waals surface area (Å²) in [6.07, 6.45) is -0.385. The molecule has 25 heavy (non-hydrogen) atoms. The van der Waals surface area contributed by atoms with Gasteiger partial charge in [0.05, 0.1) is 19.1 Å². The zero-order chi connectivity index (χ0) is 18.0. The highest BCUT2D eigenvalue weighted by molar-refractivity contribution is 6.03. The van der Waals surface area contributed by atoms with Crippen LogP contribution < -0.4 is 5.32 Å². The summed E-state index contributed by atoms with van der Waals surface area (Å²) < 4.78 is 5.11. The lowest BCUT2D eigenvalue weighted by molar-refractivity contribution is -0.154. The van der Waals surface area contributed by atoms with Gasteiger partial charge >= 0.3 is 5.97 Å². The van der Waals surface area contributed by atoms with Crippen LogP contribution in [0.4, 0.5) is 0 Å². The number of rotatable bonds is 4. The number of nitrogens with one attached hydrogen (secondary N) is 1. The zero-order valence-electron chi connectivity index (χ0n) is 13.4. The Morgan fingerprint density at radius 1 is 1.24 bits per heavy atom. The number of carboxylic acids is 1. The molecule has 3 rings (SSSR count). The van der Waals surface area contributed by atoms with Gasteiger partial charge in [0.25, 0.3) is 5.91 Å². The molecule has 8 heteroatoms. The summed E-state index contributed by atoms with van der Waals surface area (Å²) in [6.45, 7) is 0.542. The van der Waals surface area contributed by atoms with Crippen molar-refractivity contribution in [3.63, 3.8) is 0 Å². The van der Waals surface area contributed by atoms with Crippen LogP contribution in [-0.4, -0.2) is 59.5 Å². The molecule has 2 N–H and O–H groups in total. The molecule has 2 saturated heterocycles. The quantitative estimate of drug-likeness (QED) is 0.731. The maximum Gasteiger partial charge on any atom is 0.334 e. The van der Waals surface area contributed by atoms with Crippen molar-refractivity contribution in [2.24, 2.45) is 5.92 Å². The number of benzene rings is 1. The third-order valence-corrected chi connectivity index (χ3v) is 4.38. The lowest BCUT2D eigenvalue weighted by Crippen LogP contribution is -2.48. The van der Waals surface area contributed by atoms with E-state index in [1.54, 1.807) is 24.3 Å². The lowest BCUT2D eigenvalue weighted by atomic mass is 9.97. The average molecular weight is 346 g/mol. The Bertz CT molecular complexity index is 714. The van der Waals surface area contributed by atoms with E-state index < -0.39 is 12.1 Å². The molecule has 1 aromatic carbocycles. The second kappa shape index (κ2) is 7.02. The molecule has 0 aromatic heterocycles. The van der Waals surface area contributed by atoms with Gasteiger partial charge in [-0.05, 0) is 24.1 Å². The number of ether oxygens (including phenoxy) is 1. The first-order chi connectivity index (χ1) is 11.9. The molecule has 0 saturated carbocycles. The third-order valence-electron chi connectivity index (χ3n) is 4.38. The normalized spacial score (nSPS) is 23.4. The van der Waals surface area contributed by atoms with E-state index in [0.29, 0.717) is 18.5 Å². The van der Waals surface area contributed by atoms with Gasteiger partial charge in [0.15, 0.2) is 6.10 Å². The van der Waals surface area contributed by atoms with Gasteiger partial charge in [0.2, 0.25) is 11.8 Å². The van der Waals surface area contributed by atoms with Gasteiger partial charge in [-0.15, -0.1) is 0 Å². The van der Waals surface area contributed by atoms with Crippen LogP contribution in [0.25, 0.3) is 0 Å². The molecule has 2 aliphatic heterocycles. The molecule has 2 unspecified atom stereocenters. The van der Waals surface area contributed by atoms with E-state index in [9.17, 15) is 19.2 Å². The SMILES string of the molecule is O=C1CC(Cc2ccc(C(=O)N3CCOC(C(=O)O)C3)cc2)C(=O)N1. The number of morpholine rings is 1. The average Bonchev–Trinajstić information content (AvgIpc) is 2.92. The van der Waals surface area contributed by atoms with Crippen molar-refractivity contribution in [3.05, 3.63) is 35.4 Å². The molecule has 0 bridgehead atoms. The molecule has 132 valence electrons. The first-order valence-corrected chi connectivity index (χ1v) is 8.00. The minimum absolute atomic E-state index is 0.0142. The van der Waals surface area contributed by atoms with Gasteiger partial charge < -0.3 is 14.7 Å². The maximum atomic E-state index is 12.5. The monoisotopic (exact) mass is 346 g/mol. The number of hydrogen-bond acceptors (Lipinski definition) is 5. The van der Waals surface area contributed by atoms with Crippen LogP contribution in [-0.2, 0) is 25.5 Å². The van der Waals surface area contributed by atoms with Gasteiger partial charge in [-0.2, -0.15) is 0 Å². The van der Waals surface area contributed by atoms with Crippen LogP contribution in [0.5, 0.6) is 0 Å². The lowest BCUT2D eigenvalue weighted by Gasteiger charge is -2.31. The van der Waals surface area contributed by atoms with Crippen molar-refractivity contribution in [2.45, 2.75) is 18.9 Å². The summed E-state index contributed by atoms with van der Waals surface area (Å²) in [6, 6.07) is 6.80. The van der Waals surface area contributed by atoms with Crippen molar-refractivity contribution in [1.82, 2.24) is 10.2 Å². The fraction of sp³-hybridized carbons (Fsp3) is 0.412. The Morgan fingerprint density at radius 3 is 2.56 bits per heavy atom. The van der Waals surface area contributed by atoms with Crippen LogP contribution in [0.15, 0.2) is 24.3 Å². The topological polar surface area (TPSA) is 113 Å². The van der Waals surface area contributed by atoms with Crippen molar-refractivity contribution in [1.29, 1.82) is 0 Å². The van der Waals surface area contributed by atoms with E-state index in [4.69, 9.17) is 9.84 Å². The van der Waals surface area contributed by atoms with E-state index >= 15 is 0 Å². The first kappa shape index (κ1) is 17.1. The molecule has 0 spiro atoms. The molecule has 2 atom stereocenters. The summed E-state index contributed by atoms with van der Waals surface area (Å²) in [5, 5.41) is 11.3. The van der Waals surface area contributed by atoms with Crippen molar-refractivity contribution >= 4 is 23.7 Å². The Kier molecular flexibility index (Phi) is 4.80.